The average Bonchev–Trinajstić information content (AvgIpc) is 2.74. The second kappa shape index (κ2) is 5.99. The van der Waals surface area contributed by atoms with Gasteiger partial charge in [-0.05, 0) is 43.4 Å². The summed E-state index contributed by atoms with van der Waals surface area (Å²) in [7, 11) is 0. The van der Waals surface area contributed by atoms with Gasteiger partial charge in [-0.15, -0.1) is 0 Å². The zero-order valence-electron chi connectivity index (χ0n) is 10.7. The van der Waals surface area contributed by atoms with Crippen molar-refractivity contribution in [3.63, 3.8) is 0 Å². The van der Waals surface area contributed by atoms with Crippen LogP contribution in [-0.2, 0) is 0 Å². The summed E-state index contributed by atoms with van der Waals surface area (Å²) in [6.45, 7) is -0.725. The molecule has 19 heavy (non-hydrogen) atoms. The Bertz CT molecular complexity index is 451. The number of benzene rings is 1. The summed E-state index contributed by atoms with van der Waals surface area (Å²) >= 11 is 0. The summed E-state index contributed by atoms with van der Waals surface area (Å²) in [5.74, 6) is 0.389. The molecule has 104 valence electrons. The molecule has 0 bridgehead atoms. The number of carbonyl (C=O) groups is 1. The highest BCUT2D eigenvalue weighted by Crippen LogP contribution is 2.25. The van der Waals surface area contributed by atoms with Gasteiger partial charge in [0, 0.05) is 11.6 Å². The van der Waals surface area contributed by atoms with Crippen molar-refractivity contribution in [1.82, 2.24) is 5.32 Å². The molecular formula is C14H17F2NO2. The van der Waals surface area contributed by atoms with Gasteiger partial charge in [0.1, 0.15) is 5.75 Å². The van der Waals surface area contributed by atoms with E-state index in [1.54, 1.807) is 6.07 Å². The summed E-state index contributed by atoms with van der Waals surface area (Å²) in [5.41, 5.74) is 0.345. The molecule has 0 heterocycles. The number of carbonyl (C=O) groups excluding carboxylic acids is 1. The first-order valence-electron chi connectivity index (χ1n) is 6.40. The van der Waals surface area contributed by atoms with Crippen molar-refractivity contribution in [2.45, 2.75) is 38.8 Å². The molecule has 0 aliphatic heterocycles. The van der Waals surface area contributed by atoms with Gasteiger partial charge in [-0.2, -0.15) is 8.78 Å². The van der Waals surface area contributed by atoms with Crippen molar-refractivity contribution in [2.24, 2.45) is 5.92 Å². The molecule has 1 fully saturated rings. The summed E-state index contributed by atoms with van der Waals surface area (Å²) in [6.07, 6.45) is 3.05. The third-order valence-corrected chi connectivity index (χ3v) is 3.35. The number of nitrogens with one attached hydrogen (secondary N) is 1. The van der Waals surface area contributed by atoms with Crippen LogP contribution in [0.1, 0.15) is 36.5 Å². The summed E-state index contributed by atoms with van der Waals surface area (Å²) in [4.78, 5) is 12.0. The summed E-state index contributed by atoms with van der Waals surface area (Å²) in [5, 5.41) is 2.92. The molecule has 0 aromatic heterocycles. The number of amides is 1. The van der Waals surface area contributed by atoms with Gasteiger partial charge in [-0.3, -0.25) is 4.79 Å². The molecule has 2 unspecified atom stereocenters. The zero-order chi connectivity index (χ0) is 13.8. The number of ether oxygens (including phenoxy) is 1. The number of rotatable bonds is 4. The first-order valence-corrected chi connectivity index (χ1v) is 6.40. The van der Waals surface area contributed by atoms with Gasteiger partial charge < -0.3 is 10.1 Å². The van der Waals surface area contributed by atoms with E-state index in [-0.39, 0.29) is 17.7 Å². The smallest absolute Gasteiger partial charge is 0.387 e. The van der Waals surface area contributed by atoms with Crippen LogP contribution in [0.3, 0.4) is 0 Å². The second-order valence-corrected chi connectivity index (χ2v) is 4.99. The van der Waals surface area contributed by atoms with Crippen LogP contribution in [0.25, 0.3) is 0 Å². The van der Waals surface area contributed by atoms with Crippen LogP contribution in [0.15, 0.2) is 24.3 Å². The van der Waals surface area contributed by atoms with E-state index in [9.17, 15) is 13.6 Å². The van der Waals surface area contributed by atoms with E-state index in [1.807, 2.05) is 0 Å². The number of hydrogen-bond acceptors (Lipinski definition) is 2. The van der Waals surface area contributed by atoms with Crippen LogP contribution < -0.4 is 10.1 Å². The molecule has 3 nitrogen and oxygen atoms in total. The normalized spacial score (nSPS) is 22.5. The van der Waals surface area contributed by atoms with E-state index < -0.39 is 6.61 Å². The molecule has 1 aromatic rings. The predicted octanol–water partition coefficient (Wildman–Crippen LogP) is 3.21. The van der Waals surface area contributed by atoms with Gasteiger partial charge in [-0.25, -0.2) is 0 Å². The fourth-order valence-electron chi connectivity index (χ4n) is 2.42. The van der Waals surface area contributed by atoms with Gasteiger partial charge >= 0.3 is 6.61 Å². The van der Waals surface area contributed by atoms with Crippen LogP contribution in [0.4, 0.5) is 8.78 Å². The van der Waals surface area contributed by atoms with Crippen LogP contribution in [0, 0.1) is 5.92 Å². The molecule has 1 saturated carbocycles. The van der Waals surface area contributed by atoms with E-state index in [0.717, 1.165) is 19.3 Å². The van der Waals surface area contributed by atoms with Gasteiger partial charge in [0.05, 0.1) is 0 Å². The molecule has 1 aliphatic rings. The number of alkyl halides is 2. The molecule has 1 amide bonds. The van der Waals surface area contributed by atoms with Crippen LogP contribution in [0.5, 0.6) is 5.75 Å². The Balaban J connectivity index is 1.98. The monoisotopic (exact) mass is 269 g/mol. The lowest BCUT2D eigenvalue weighted by Gasteiger charge is -2.13. The molecule has 0 radical (unpaired) electrons. The van der Waals surface area contributed by atoms with E-state index in [1.165, 1.54) is 18.2 Å². The third kappa shape index (κ3) is 3.91. The van der Waals surface area contributed by atoms with Crippen molar-refractivity contribution < 1.29 is 18.3 Å². The SMILES string of the molecule is CC1CCC(NC(=O)c2cccc(OC(F)F)c2)C1. The van der Waals surface area contributed by atoms with E-state index in [2.05, 4.69) is 17.0 Å². The maximum atomic E-state index is 12.1. The minimum absolute atomic E-state index is 0.00226. The lowest BCUT2D eigenvalue weighted by molar-refractivity contribution is -0.0498. The highest BCUT2D eigenvalue weighted by molar-refractivity contribution is 5.94. The predicted molar refractivity (Wildman–Crippen MR) is 67.3 cm³/mol. The molecule has 2 rings (SSSR count). The van der Waals surface area contributed by atoms with Gasteiger partial charge in [-0.1, -0.05) is 13.0 Å². The second-order valence-electron chi connectivity index (χ2n) is 4.99. The Morgan fingerprint density at radius 1 is 1.42 bits per heavy atom. The Labute approximate surface area is 111 Å². The number of hydrogen-bond donors (Lipinski definition) is 1. The summed E-state index contributed by atoms with van der Waals surface area (Å²) < 4.78 is 28.5. The van der Waals surface area contributed by atoms with Crippen LogP contribution >= 0.6 is 0 Å². The molecule has 2 atom stereocenters. The topological polar surface area (TPSA) is 38.3 Å². The standard InChI is InChI=1S/C14H17F2NO2/c1-9-5-6-11(7-9)17-13(18)10-3-2-4-12(8-10)19-14(15)16/h2-4,8-9,11,14H,5-7H2,1H3,(H,17,18). The first kappa shape index (κ1) is 13.8. The summed E-state index contributed by atoms with van der Waals surface area (Å²) in [6, 6.07) is 6.04. The average molecular weight is 269 g/mol. The van der Waals surface area contributed by atoms with E-state index >= 15 is 0 Å². The zero-order valence-corrected chi connectivity index (χ0v) is 10.7. The van der Waals surface area contributed by atoms with Gasteiger partial charge in [0.2, 0.25) is 0 Å². The van der Waals surface area contributed by atoms with Crippen LogP contribution in [0.2, 0.25) is 0 Å². The molecule has 5 heteroatoms. The minimum Gasteiger partial charge on any atom is -0.435 e. The quantitative estimate of drug-likeness (QED) is 0.911. The van der Waals surface area contributed by atoms with Gasteiger partial charge in [0.15, 0.2) is 0 Å². The largest absolute Gasteiger partial charge is 0.435 e. The molecule has 1 aromatic carbocycles. The highest BCUT2D eigenvalue weighted by atomic mass is 19.3. The molecule has 0 spiro atoms. The van der Waals surface area contributed by atoms with Crippen molar-refractivity contribution in [3.05, 3.63) is 29.8 Å². The van der Waals surface area contributed by atoms with Gasteiger partial charge in [0.25, 0.3) is 5.91 Å². The Hall–Kier alpha value is -1.65. The number of halogens is 2. The molecule has 1 aliphatic carbocycles. The molecular weight excluding hydrogens is 252 g/mol. The lowest BCUT2D eigenvalue weighted by atomic mass is 10.1. The van der Waals surface area contributed by atoms with E-state index in [0.29, 0.717) is 11.5 Å². The highest BCUT2D eigenvalue weighted by Gasteiger charge is 2.23. The Kier molecular flexibility index (Phi) is 4.35. The maximum Gasteiger partial charge on any atom is 0.387 e. The van der Waals surface area contributed by atoms with Crippen molar-refractivity contribution in [3.8, 4) is 5.75 Å². The third-order valence-electron chi connectivity index (χ3n) is 3.35. The lowest BCUT2D eigenvalue weighted by Crippen LogP contribution is -2.32. The maximum absolute atomic E-state index is 12.1. The van der Waals surface area contributed by atoms with Crippen molar-refractivity contribution in [2.75, 3.05) is 0 Å². The van der Waals surface area contributed by atoms with Crippen molar-refractivity contribution >= 4 is 5.91 Å². The van der Waals surface area contributed by atoms with E-state index in [4.69, 9.17) is 0 Å². The fourth-order valence-corrected chi connectivity index (χ4v) is 2.42. The fraction of sp³-hybridized carbons (Fsp3) is 0.500. The minimum atomic E-state index is -2.88. The first-order chi connectivity index (χ1) is 9.04. The van der Waals surface area contributed by atoms with Crippen LogP contribution in [-0.4, -0.2) is 18.6 Å². The van der Waals surface area contributed by atoms with Crippen molar-refractivity contribution in [1.29, 1.82) is 0 Å². The Morgan fingerprint density at radius 2 is 2.21 bits per heavy atom. The Morgan fingerprint density at radius 3 is 2.84 bits per heavy atom. The molecule has 0 saturated heterocycles. The molecule has 1 N–H and O–H groups in total.